The molecule has 5 heteroatoms. The zero-order valence-corrected chi connectivity index (χ0v) is 16.0. The molecular formula is C24H20N2O3. The molecule has 1 N–H and O–H groups in total. The molecule has 2 atom stereocenters. The van der Waals surface area contributed by atoms with Crippen molar-refractivity contribution in [3.8, 4) is 0 Å². The maximum Gasteiger partial charge on any atom is 0.259 e. The summed E-state index contributed by atoms with van der Waals surface area (Å²) in [6.07, 6.45) is 11.0. The van der Waals surface area contributed by atoms with Crippen LogP contribution in [0.25, 0.3) is 16.3 Å². The number of carbonyl (C=O) groups excluding carboxylic acids is 3. The zero-order valence-electron chi connectivity index (χ0n) is 16.0. The first-order valence-corrected chi connectivity index (χ1v) is 9.84. The highest BCUT2D eigenvalue weighted by atomic mass is 16.2. The monoisotopic (exact) mass is 384 g/mol. The second-order valence-corrected chi connectivity index (χ2v) is 7.77. The zero-order chi connectivity index (χ0) is 20.1. The molecule has 0 aromatic heterocycles. The van der Waals surface area contributed by atoms with E-state index in [1.807, 2.05) is 30.3 Å². The molecule has 0 spiro atoms. The van der Waals surface area contributed by atoms with E-state index in [0.717, 1.165) is 27.6 Å². The Morgan fingerprint density at radius 2 is 1.97 bits per heavy atom. The first-order valence-electron chi connectivity index (χ1n) is 9.84. The first kappa shape index (κ1) is 17.6. The van der Waals surface area contributed by atoms with Gasteiger partial charge in [0.2, 0.25) is 11.8 Å². The average Bonchev–Trinajstić information content (AvgIpc) is 2.85. The summed E-state index contributed by atoms with van der Waals surface area (Å²) in [5.74, 6) is -0.524. The van der Waals surface area contributed by atoms with Gasteiger partial charge in [0.05, 0.1) is 11.3 Å². The van der Waals surface area contributed by atoms with E-state index in [9.17, 15) is 14.4 Å². The summed E-state index contributed by atoms with van der Waals surface area (Å²) in [4.78, 5) is 38.9. The van der Waals surface area contributed by atoms with Crippen LogP contribution in [0.15, 0.2) is 60.7 Å². The van der Waals surface area contributed by atoms with E-state index in [1.54, 1.807) is 4.90 Å². The highest BCUT2D eigenvalue weighted by Crippen LogP contribution is 2.41. The summed E-state index contributed by atoms with van der Waals surface area (Å²) in [7, 11) is 0. The maximum atomic E-state index is 13.4. The minimum absolute atomic E-state index is 0.185. The van der Waals surface area contributed by atoms with Crippen molar-refractivity contribution in [1.82, 2.24) is 5.32 Å². The minimum Gasteiger partial charge on any atom is -0.295 e. The molecule has 0 bridgehead atoms. The summed E-state index contributed by atoms with van der Waals surface area (Å²) in [6, 6.07) is 9.11. The summed E-state index contributed by atoms with van der Waals surface area (Å²) >= 11 is 0. The van der Waals surface area contributed by atoms with Crippen molar-refractivity contribution in [2.24, 2.45) is 5.92 Å². The van der Waals surface area contributed by atoms with E-state index >= 15 is 0 Å². The van der Waals surface area contributed by atoms with Crippen molar-refractivity contribution in [1.29, 1.82) is 0 Å². The number of nitrogens with zero attached hydrogens (tertiary/aromatic N) is 1. The fourth-order valence-electron chi connectivity index (χ4n) is 4.32. The fourth-order valence-corrected chi connectivity index (χ4v) is 4.32. The van der Waals surface area contributed by atoms with Crippen LogP contribution in [0.4, 0.5) is 5.69 Å². The molecule has 144 valence electrons. The van der Waals surface area contributed by atoms with E-state index in [2.05, 4.69) is 42.6 Å². The standard InChI is InChI=1S/C24H20N2O3/c1-14-4-2-5-15(9-8-14)17-12-16-6-3-7-19-22(16)18(13-17)24(29)26(19)20-10-11-21(27)25-23(20)28/h2-9,12-14,20H,10-11H2,1H3,(H,25,27,28). The van der Waals surface area contributed by atoms with Crippen LogP contribution >= 0.6 is 0 Å². The number of imide groups is 1. The van der Waals surface area contributed by atoms with Gasteiger partial charge < -0.3 is 0 Å². The predicted molar refractivity (Wildman–Crippen MR) is 112 cm³/mol. The lowest BCUT2D eigenvalue weighted by Crippen LogP contribution is -2.53. The molecule has 3 aliphatic rings. The number of nitrogens with one attached hydrogen (secondary N) is 1. The van der Waals surface area contributed by atoms with Crippen LogP contribution in [0.1, 0.15) is 35.7 Å². The Balaban J connectivity index is 1.62. The molecule has 2 aromatic rings. The van der Waals surface area contributed by atoms with Crippen molar-refractivity contribution in [2.75, 3.05) is 4.90 Å². The maximum absolute atomic E-state index is 13.4. The molecule has 2 aromatic carbocycles. The number of benzene rings is 2. The molecule has 3 amide bonds. The van der Waals surface area contributed by atoms with Crippen LogP contribution in [0.3, 0.4) is 0 Å². The summed E-state index contributed by atoms with van der Waals surface area (Å²) in [5, 5.41) is 4.20. The molecular weight excluding hydrogens is 364 g/mol. The third-order valence-corrected chi connectivity index (χ3v) is 5.79. The van der Waals surface area contributed by atoms with Crippen molar-refractivity contribution < 1.29 is 14.4 Å². The molecule has 0 radical (unpaired) electrons. The third-order valence-electron chi connectivity index (χ3n) is 5.79. The Hall–Kier alpha value is -3.47. The van der Waals surface area contributed by atoms with Crippen LogP contribution in [0, 0.1) is 5.92 Å². The summed E-state index contributed by atoms with van der Waals surface area (Å²) < 4.78 is 0. The van der Waals surface area contributed by atoms with Crippen LogP contribution in [-0.4, -0.2) is 23.8 Å². The minimum atomic E-state index is -0.664. The molecule has 0 saturated carbocycles. The number of piperidine rings is 1. The van der Waals surface area contributed by atoms with Gasteiger partial charge >= 0.3 is 0 Å². The predicted octanol–water partition coefficient (Wildman–Crippen LogP) is 3.75. The number of carbonyl (C=O) groups is 3. The van der Waals surface area contributed by atoms with Crippen LogP contribution < -0.4 is 10.2 Å². The van der Waals surface area contributed by atoms with Gasteiger partial charge in [0.1, 0.15) is 6.04 Å². The van der Waals surface area contributed by atoms with Gasteiger partial charge in [0.15, 0.2) is 0 Å². The van der Waals surface area contributed by atoms with Crippen LogP contribution in [0.2, 0.25) is 0 Å². The smallest absolute Gasteiger partial charge is 0.259 e. The van der Waals surface area contributed by atoms with Gasteiger partial charge in [-0.1, -0.05) is 49.4 Å². The van der Waals surface area contributed by atoms with E-state index < -0.39 is 11.9 Å². The van der Waals surface area contributed by atoms with Crippen LogP contribution in [0.5, 0.6) is 0 Å². The number of allylic oxidation sites excluding steroid dienone is 6. The van der Waals surface area contributed by atoms with Gasteiger partial charge in [0.25, 0.3) is 5.91 Å². The van der Waals surface area contributed by atoms with E-state index in [0.29, 0.717) is 17.9 Å². The number of rotatable bonds is 2. The van der Waals surface area contributed by atoms with Gasteiger partial charge in [-0.2, -0.15) is 0 Å². The molecule has 2 heterocycles. The Labute approximate surface area is 168 Å². The lowest BCUT2D eigenvalue weighted by atomic mass is 9.97. The van der Waals surface area contributed by atoms with Gasteiger partial charge in [-0.3, -0.25) is 24.6 Å². The lowest BCUT2D eigenvalue weighted by Gasteiger charge is -2.30. The largest absolute Gasteiger partial charge is 0.295 e. The second kappa shape index (κ2) is 6.55. The van der Waals surface area contributed by atoms with Gasteiger partial charge in [0, 0.05) is 11.8 Å². The Bertz CT molecular complexity index is 1170. The summed E-state index contributed by atoms with van der Waals surface area (Å²) in [5.41, 5.74) is 3.36. The molecule has 5 rings (SSSR count). The summed E-state index contributed by atoms with van der Waals surface area (Å²) in [6.45, 7) is 2.12. The first-order chi connectivity index (χ1) is 14.0. The van der Waals surface area contributed by atoms with E-state index in [1.165, 1.54) is 0 Å². The fraction of sp³-hybridized carbons (Fsp3) is 0.208. The highest BCUT2D eigenvalue weighted by molar-refractivity contribution is 6.27. The van der Waals surface area contributed by atoms with Gasteiger partial charge in [-0.05, 0) is 47.1 Å². The van der Waals surface area contributed by atoms with Crippen molar-refractivity contribution >= 4 is 39.8 Å². The third kappa shape index (κ3) is 2.81. The van der Waals surface area contributed by atoms with E-state index in [4.69, 9.17) is 0 Å². The number of hydrogen-bond acceptors (Lipinski definition) is 3. The SMILES string of the molecule is CC1C=CC=C(c2cc3c4c(cccc4c2)N(C2CCC(=O)NC2=O)C3=O)C=C1. The molecule has 1 aliphatic carbocycles. The molecule has 5 nitrogen and oxygen atoms in total. The Morgan fingerprint density at radius 1 is 1.10 bits per heavy atom. The topological polar surface area (TPSA) is 66.5 Å². The molecule has 29 heavy (non-hydrogen) atoms. The Kier molecular flexibility index (Phi) is 3.98. The number of anilines is 1. The quantitative estimate of drug-likeness (QED) is 0.802. The number of amides is 3. The van der Waals surface area contributed by atoms with Crippen LogP contribution in [-0.2, 0) is 9.59 Å². The molecule has 1 saturated heterocycles. The Morgan fingerprint density at radius 3 is 2.79 bits per heavy atom. The van der Waals surface area contributed by atoms with Crippen molar-refractivity contribution in [3.63, 3.8) is 0 Å². The second-order valence-electron chi connectivity index (χ2n) is 7.77. The lowest BCUT2D eigenvalue weighted by molar-refractivity contribution is -0.134. The van der Waals surface area contributed by atoms with Gasteiger partial charge in [-0.25, -0.2) is 0 Å². The normalized spacial score (nSPS) is 23.4. The average molecular weight is 384 g/mol. The molecule has 2 unspecified atom stereocenters. The molecule has 1 fully saturated rings. The molecule has 2 aliphatic heterocycles. The van der Waals surface area contributed by atoms with E-state index in [-0.39, 0.29) is 18.2 Å². The van der Waals surface area contributed by atoms with Gasteiger partial charge in [-0.15, -0.1) is 0 Å². The van der Waals surface area contributed by atoms with Crippen molar-refractivity contribution in [2.45, 2.75) is 25.8 Å². The highest BCUT2D eigenvalue weighted by Gasteiger charge is 2.40. The van der Waals surface area contributed by atoms with Crippen molar-refractivity contribution in [3.05, 3.63) is 71.8 Å². The number of hydrogen-bond donors (Lipinski definition) is 1.